The maximum Gasteiger partial charge on any atom is 0.214 e. The molecular formula is C19H20ClFN4O2S. The molecule has 0 unspecified atom stereocenters. The van der Waals surface area contributed by atoms with Crippen LogP contribution in [0.25, 0.3) is 0 Å². The maximum atomic E-state index is 13.0. The summed E-state index contributed by atoms with van der Waals surface area (Å²) in [5.41, 5.74) is 4.91. The van der Waals surface area contributed by atoms with Crippen molar-refractivity contribution in [1.82, 2.24) is 14.9 Å². The van der Waals surface area contributed by atoms with Gasteiger partial charge in [-0.05, 0) is 61.5 Å². The van der Waals surface area contributed by atoms with E-state index in [1.54, 1.807) is 22.9 Å². The van der Waals surface area contributed by atoms with Crippen LogP contribution >= 0.6 is 23.8 Å². The first-order valence-electron chi connectivity index (χ1n) is 8.68. The largest absolute Gasteiger partial charge is 0.490 e. The van der Waals surface area contributed by atoms with Gasteiger partial charge in [-0.15, -0.1) is 0 Å². The molecule has 28 heavy (non-hydrogen) atoms. The number of hydrogen-bond acceptors (Lipinski definition) is 5. The summed E-state index contributed by atoms with van der Waals surface area (Å²) in [5.74, 6) is 1.43. The summed E-state index contributed by atoms with van der Waals surface area (Å²) in [4.78, 5) is 0. The zero-order valence-electron chi connectivity index (χ0n) is 15.5. The highest BCUT2D eigenvalue weighted by Crippen LogP contribution is 2.37. The SMILES string of the molecule is CCOc1cc(CNn2c(C)n[nH]c2=S)cc(Cl)c1OCc1ccc(F)cc1. The van der Waals surface area contributed by atoms with Gasteiger partial charge in [0.05, 0.1) is 18.2 Å². The van der Waals surface area contributed by atoms with Crippen molar-refractivity contribution >= 4 is 23.8 Å². The zero-order chi connectivity index (χ0) is 20.1. The number of H-pyrrole nitrogens is 1. The van der Waals surface area contributed by atoms with E-state index in [0.717, 1.165) is 17.0 Å². The van der Waals surface area contributed by atoms with Gasteiger partial charge in [0.1, 0.15) is 18.2 Å². The van der Waals surface area contributed by atoms with Crippen LogP contribution in [0, 0.1) is 17.5 Å². The van der Waals surface area contributed by atoms with Crippen LogP contribution in [0.5, 0.6) is 11.5 Å². The number of hydrogen-bond donors (Lipinski definition) is 2. The lowest BCUT2D eigenvalue weighted by Crippen LogP contribution is -2.16. The van der Waals surface area contributed by atoms with Gasteiger partial charge in [0.2, 0.25) is 4.77 Å². The fourth-order valence-electron chi connectivity index (χ4n) is 2.59. The van der Waals surface area contributed by atoms with Crippen LogP contribution in [0.3, 0.4) is 0 Å². The molecule has 1 aromatic heterocycles. The predicted octanol–water partition coefficient (Wildman–Crippen LogP) is 4.76. The van der Waals surface area contributed by atoms with Gasteiger partial charge < -0.3 is 14.9 Å². The topological polar surface area (TPSA) is 64.1 Å². The van der Waals surface area contributed by atoms with Gasteiger partial charge in [0.15, 0.2) is 11.5 Å². The van der Waals surface area contributed by atoms with Crippen molar-refractivity contribution in [1.29, 1.82) is 0 Å². The minimum Gasteiger partial charge on any atom is -0.490 e. The minimum absolute atomic E-state index is 0.251. The summed E-state index contributed by atoms with van der Waals surface area (Å²) in [5, 5.41) is 7.20. The molecule has 0 aliphatic rings. The Labute approximate surface area is 172 Å². The third-order valence-electron chi connectivity index (χ3n) is 3.95. The molecule has 6 nitrogen and oxygen atoms in total. The number of benzene rings is 2. The lowest BCUT2D eigenvalue weighted by atomic mass is 10.2. The van der Waals surface area contributed by atoms with E-state index in [1.165, 1.54) is 12.1 Å². The Bertz CT molecular complexity index is 1000. The quantitative estimate of drug-likeness (QED) is 0.512. The molecule has 3 rings (SSSR count). The second kappa shape index (κ2) is 9.07. The number of ether oxygens (including phenoxy) is 2. The third-order valence-corrected chi connectivity index (χ3v) is 4.50. The van der Waals surface area contributed by atoms with Gasteiger partial charge in [0, 0.05) is 0 Å². The van der Waals surface area contributed by atoms with Crippen LogP contribution in [0.15, 0.2) is 36.4 Å². The highest BCUT2D eigenvalue weighted by Gasteiger charge is 2.13. The Morgan fingerprint density at radius 3 is 2.61 bits per heavy atom. The number of nitrogens with zero attached hydrogens (tertiary/aromatic N) is 2. The Morgan fingerprint density at radius 1 is 1.21 bits per heavy atom. The minimum atomic E-state index is -0.290. The Balaban J connectivity index is 1.77. The Hall–Kier alpha value is -2.58. The van der Waals surface area contributed by atoms with Crippen LogP contribution in [0.1, 0.15) is 23.9 Å². The summed E-state index contributed by atoms with van der Waals surface area (Å²) in [6.07, 6.45) is 0. The second-order valence-electron chi connectivity index (χ2n) is 6.00. The fraction of sp³-hybridized carbons (Fsp3) is 0.263. The van der Waals surface area contributed by atoms with Gasteiger partial charge in [-0.1, -0.05) is 23.7 Å². The summed E-state index contributed by atoms with van der Waals surface area (Å²) in [6, 6.07) is 9.78. The molecule has 9 heteroatoms. The molecule has 0 amide bonds. The summed E-state index contributed by atoms with van der Waals surface area (Å²) in [6.45, 7) is 4.90. The Kier molecular flexibility index (Phi) is 6.53. The first-order valence-corrected chi connectivity index (χ1v) is 9.47. The number of aryl methyl sites for hydroxylation is 1. The van der Waals surface area contributed by atoms with Crippen molar-refractivity contribution in [3.05, 3.63) is 69.0 Å². The van der Waals surface area contributed by atoms with Crippen molar-refractivity contribution in [3.63, 3.8) is 0 Å². The highest BCUT2D eigenvalue weighted by molar-refractivity contribution is 7.71. The first kappa shape index (κ1) is 20.2. The smallest absolute Gasteiger partial charge is 0.214 e. The maximum absolute atomic E-state index is 13.0. The van der Waals surface area contributed by atoms with Crippen molar-refractivity contribution in [2.75, 3.05) is 12.0 Å². The molecule has 0 saturated heterocycles. The first-order chi connectivity index (χ1) is 13.5. The zero-order valence-corrected chi connectivity index (χ0v) is 17.0. The number of rotatable bonds is 8. The summed E-state index contributed by atoms with van der Waals surface area (Å²) >= 11 is 11.6. The van der Waals surface area contributed by atoms with Gasteiger partial charge in [0.25, 0.3) is 0 Å². The number of halogens is 2. The van der Waals surface area contributed by atoms with E-state index in [-0.39, 0.29) is 12.4 Å². The van der Waals surface area contributed by atoms with E-state index in [1.807, 2.05) is 19.9 Å². The van der Waals surface area contributed by atoms with Crippen LogP contribution in [-0.2, 0) is 13.2 Å². The second-order valence-corrected chi connectivity index (χ2v) is 6.79. The predicted molar refractivity (Wildman–Crippen MR) is 109 cm³/mol. The van der Waals surface area contributed by atoms with Crippen molar-refractivity contribution in [2.45, 2.75) is 27.0 Å². The van der Waals surface area contributed by atoms with Gasteiger partial charge >= 0.3 is 0 Å². The number of aromatic amines is 1. The monoisotopic (exact) mass is 422 g/mol. The summed E-state index contributed by atoms with van der Waals surface area (Å²) in [7, 11) is 0. The van der Waals surface area contributed by atoms with E-state index in [2.05, 4.69) is 15.6 Å². The molecule has 0 radical (unpaired) electrons. The molecule has 1 heterocycles. The van der Waals surface area contributed by atoms with E-state index in [4.69, 9.17) is 33.3 Å². The van der Waals surface area contributed by atoms with E-state index >= 15 is 0 Å². The van der Waals surface area contributed by atoms with Crippen molar-refractivity contribution < 1.29 is 13.9 Å². The van der Waals surface area contributed by atoms with Crippen LogP contribution in [0.4, 0.5) is 4.39 Å². The molecule has 0 atom stereocenters. The lowest BCUT2D eigenvalue weighted by molar-refractivity contribution is 0.269. The molecule has 148 valence electrons. The van der Waals surface area contributed by atoms with Crippen molar-refractivity contribution in [3.8, 4) is 11.5 Å². The molecule has 0 fully saturated rings. The molecular weight excluding hydrogens is 403 g/mol. The molecule has 2 N–H and O–H groups in total. The van der Waals surface area contributed by atoms with Gasteiger partial charge in [-0.25, -0.2) is 9.07 Å². The Morgan fingerprint density at radius 2 is 1.96 bits per heavy atom. The van der Waals surface area contributed by atoms with E-state index < -0.39 is 0 Å². The number of nitrogens with one attached hydrogen (secondary N) is 2. The average Bonchev–Trinajstić information content (AvgIpc) is 2.99. The molecule has 0 bridgehead atoms. The van der Waals surface area contributed by atoms with Crippen molar-refractivity contribution in [2.24, 2.45) is 0 Å². The molecule has 2 aromatic carbocycles. The van der Waals surface area contributed by atoms with E-state index in [9.17, 15) is 4.39 Å². The molecule has 0 aliphatic heterocycles. The average molecular weight is 423 g/mol. The summed E-state index contributed by atoms with van der Waals surface area (Å²) < 4.78 is 26.8. The molecule has 0 saturated carbocycles. The molecule has 0 aliphatic carbocycles. The fourth-order valence-corrected chi connectivity index (χ4v) is 3.12. The van der Waals surface area contributed by atoms with Crippen LogP contribution < -0.4 is 14.9 Å². The van der Waals surface area contributed by atoms with Crippen LogP contribution in [0.2, 0.25) is 5.02 Å². The standard InChI is InChI=1S/C19H20ClFN4O2S/c1-3-26-17-9-14(10-22-25-12(2)23-24-19(25)28)8-16(20)18(17)27-11-13-4-6-15(21)7-5-13/h4-9,22H,3,10-11H2,1-2H3,(H,24,28). The van der Waals surface area contributed by atoms with E-state index in [0.29, 0.717) is 34.4 Å². The van der Waals surface area contributed by atoms with Gasteiger partial charge in [-0.3, -0.25) is 5.10 Å². The normalized spacial score (nSPS) is 10.7. The molecule has 3 aromatic rings. The molecule has 0 spiro atoms. The highest BCUT2D eigenvalue weighted by atomic mass is 35.5. The van der Waals surface area contributed by atoms with Gasteiger partial charge in [-0.2, -0.15) is 5.10 Å². The third kappa shape index (κ3) is 4.82. The van der Waals surface area contributed by atoms with Crippen LogP contribution in [-0.4, -0.2) is 21.5 Å². The number of aromatic nitrogens is 3. The lowest BCUT2D eigenvalue weighted by Gasteiger charge is -2.16.